The van der Waals surface area contributed by atoms with Crippen LogP contribution in [0, 0.1) is 0 Å². The summed E-state index contributed by atoms with van der Waals surface area (Å²) in [5, 5.41) is 0. The first-order chi connectivity index (χ1) is 29.2. The molecule has 0 unspecified atom stereocenters. The number of aromatic nitrogens is 1. The Labute approximate surface area is 350 Å². The molecule has 4 aromatic carbocycles. The second-order valence-corrected chi connectivity index (χ2v) is 13.5. The van der Waals surface area contributed by atoms with Gasteiger partial charge in [-0.3, -0.25) is 0 Å². The molecule has 0 saturated carbocycles. The molecule has 308 valence electrons. The van der Waals surface area contributed by atoms with Gasteiger partial charge in [-0.15, -0.1) is 0 Å². The molecule has 0 amide bonds. The van der Waals surface area contributed by atoms with Crippen molar-refractivity contribution in [1.29, 1.82) is 0 Å². The third-order valence-corrected chi connectivity index (χ3v) is 10.2. The lowest BCUT2D eigenvalue weighted by Gasteiger charge is -2.22. The number of hydrogen-bond acceptors (Lipinski definition) is 10. The molecule has 2 aliphatic heterocycles. The zero-order valence-electron chi connectivity index (χ0n) is 35.1. The molecule has 0 bridgehead atoms. The fraction of sp³-hybridized carbons (Fsp3) is 0.184. The average Bonchev–Trinajstić information content (AvgIpc) is 3.64. The van der Waals surface area contributed by atoms with Gasteiger partial charge in [0.15, 0.2) is 0 Å². The first-order valence-corrected chi connectivity index (χ1v) is 18.9. The van der Waals surface area contributed by atoms with Crippen molar-refractivity contribution in [2.45, 2.75) is 0 Å². The van der Waals surface area contributed by atoms with Gasteiger partial charge < -0.3 is 51.9 Å². The van der Waals surface area contributed by atoms with Crippen molar-refractivity contribution >= 4 is 35.2 Å². The van der Waals surface area contributed by atoms with E-state index in [1.165, 1.54) is 0 Å². The van der Waals surface area contributed by atoms with Gasteiger partial charge in [-0.25, -0.2) is 0 Å². The van der Waals surface area contributed by atoms with Gasteiger partial charge in [-0.2, -0.15) is 0 Å². The van der Waals surface area contributed by atoms with Gasteiger partial charge in [0.05, 0.1) is 79.1 Å². The highest BCUT2D eigenvalue weighted by Crippen LogP contribution is 2.43. The van der Waals surface area contributed by atoms with Gasteiger partial charge in [-0.1, -0.05) is 0 Å². The molecule has 0 N–H and O–H groups in total. The number of ether oxygens (including phenoxy) is 10. The molecule has 1 aromatic heterocycles. The van der Waals surface area contributed by atoms with Gasteiger partial charge in [-0.05, 0) is 108 Å². The Kier molecular flexibility index (Phi) is 12.3. The second-order valence-electron chi connectivity index (χ2n) is 13.5. The fourth-order valence-corrected chi connectivity index (χ4v) is 6.92. The van der Waals surface area contributed by atoms with Crippen molar-refractivity contribution in [2.24, 2.45) is 7.05 Å². The molecule has 0 aliphatic carbocycles. The zero-order valence-corrected chi connectivity index (χ0v) is 35.1. The maximum Gasteiger partial charge on any atom is 0.139 e. The topological polar surface area (TPSA) is 97.2 Å². The lowest BCUT2D eigenvalue weighted by molar-refractivity contribution is 0.385. The maximum absolute atomic E-state index is 6.61. The molecule has 60 heavy (non-hydrogen) atoms. The summed E-state index contributed by atoms with van der Waals surface area (Å²) >= 11 is 0. The summed E-state index contributed by atoms with van der Waals surface area (Å²) in [6, 6.07) is 26.6. The molecular weight excluding hydrogens is 763 g/mol. The van der Waals surface area contributed by atoms with Crippen LogP contribution in [0.3, 0.4) is 0 Å². The number of allylic oxidation sites excluding steroid dienone is 6. The molecule has 3 heterocycles. The van der Waals surface area contributed by atoms with E-state index in [-0.39, 0.29) is 0 Å². The van der Waals surface area contributed by atoms with E-state index in [2.05, 4.69) is 28.9 Å². The third-order valence-electron chi connectivity index (χ3n) is 10.2. The number of hydrogen-bond donors (Lipinski definition) is 0. The smallest absolute Gasteiger partial charge is 0.139 e. The molecule has 0 atom stereocenters. The van der Waals surface area contributed by atoms with E-state index in [0.29, 0.717) is 69.0 Å². The Balaban J connectivity index is 1.33. The third kappa shape index (κ3) is 8.42. The van der Waals surface area contributed by atoms with Crippen LogP contribution < -0.4 is 37.9 Å². The fourth-order valence-electron chi connectivity index (χ4n) is 6.92. The van der Waals surface area contributed by atoms with Gasteiger partial charge in [0.1, 0.15) is 69.0 Å². The summed E-state index contributed by atoms with van der Waals surface area (Å²) in [6.45, 7) is 0. The van der Waals surface area contributed by atoms with Gasteiger partial charge in [0, 0.05) is 42.7 Å². The first kappa shape index (κ1) is 40.8. The molecule has 7 rings (SSSR count). The molecule has 11 heteroatoms. The molecule has 0 radical (unpaired) electrons. The van der Waals surface area contributed by atoms with Gasteiger partial charge in [0.25, 0.3) is 0 Å². The molecular formula is C49H47NO10. The SMILES string of the molecule is COc1ccc(C2=CC(=Cc3ccc(C=C4C=C(c5ccc(OC)cc5OC)OC(c5ccc(OC)cc5OC)=C4)n3C)C=C(c3ccc(OC)cc3OC)O2)c(OC)c1. The Hall–Kier alpha value is -7.40. The van der Waals surface area contributed by atoms with Crippen LogP contribution in [-0.2, 0) is 16.5 Å². The molecule has 11 nitrogen and oxygen atoms in total. The Morgan fingerprint density at radius 3 is 0.867 bits per heavy atom. The Morgan fingerprint density at radius 1 is 0.367 bits per heavy atom. The van der Waals surface area contributed by atoms with Crippen LogP contribution in [0.1, 0.15) is 33.6 Å². The average molecular weight is 810 g/mol. The van der Waals surface area contributed by atoms with E-state index in [0.717, 1.165) is 44.8 Å². The number of methoxy groups -OCH3 is 8. The van der Waals surface area contributed by atoms with Crippen molar-refractivity contribution in [3.63, 3.8) is 0 Å². The lowest BCUT2D eigenvalue weighted by atomic mass is 10.0. The summed E-state index contributed by atoms with van der Waals surface area (Å²) in [7, 11) is 15.0. The highest BCUT2D eigenvalue weighted by atomic mass is 16.5. The monoisotopic (exact) mass is 809 g/mol. The van der Waals surface area contributed by atoms with Gasteiger partial charge in [0.2, 0.25) is 0 Å². The van der Waals surface area contributed by atoms with Crippen LogP contribution in [-0.4, -0.2) is 61.4 Å². The summed E-state index contributed by atoms with van der Waals surface area (Å²) in [6.07, 6.45) is 12.2. The number of benzene rings is 4. The zero-order chi connectivity index (χ0) is 42.3. The van der Waals surface area contributed by atoms with Crippen LogP contribution in [0.2, 0.25) is 0 Å². The van der Waals surface area contributed by atoms with E-state index >= 15 is 0 Å². The van der Waals surface area contributed by atoms with Crippen molar-refractivity contribution < 1.29 is 47.4 Å². The molecule has 5 aromatic rings. The summed E-state index contributed by atoms with van der Waals surface area (Å²) in [4.78, 5) is 0. The molecule has 0 spiro atoms. The quantitative estimate of drug-likeness (QED) is 0.108. The van der Waals surface area contributed by atoms with Crippen LogP contribution in [0.25, 0.3) is 35.2 Å². The first-order valence-electron chi connectivity index (χ1n) is 18.9. The number of nitrogens with zero attached hydrogens (tertiary/aromatic N) is 1. The predicted molar refractivity (Wildman–Crippen MR) is 234 cm³/mol. The van der Waals surface area contributed by atoms with Crippen LogP contribution in [0.15, 0.2) is 120 Å². The Morgan fingerprint density at radius 2 is 0.633 bits per heavy atom. The molecule has 0 fully saturated rings. The van der Waals surface area contributed by atoms with Crippen molar-refractivity contribution in [2.75, 3.05) is 56.9 Å². The summed E-state index contributed by atoms with van der Waals surface area (Å²) in [5.74, 6) is 7.45. The second kappa shape index (κ2) is 18.0. The van der Waals surface area contributed by atoms with E-state index in [9.17, 15) is 0 Å². The minimum absolute atomic E-state index is 0.591. The number of rotatable bonds is 14. The highest BCUT2D eigenvalue weighted by Gasteiger charge is 2.24. The predicted octanol–water partition coefficient (Wildman–Crippen LogP) is 10.1. The standard InChI is InChI=1S/C49H47NO10/c1-50-32(20-30-22-46(38-16-12-34(51-2)26-42(38)55-6)59-47(23-30)39-17-13-35(52-3)27-43(39)56-7)10-11-33(50)21-31-24-48(40-18-14-36(53-4)28-44(40)57-8)60-49(25-31)41-19-15-37(54-5)29-45(41)58-9/h10-29H,1-9H3. The van der Waals surface area contributed by atoms with Crippen LogP contribution >= 0.6 is 0 Å². The Bertz CT molecular complexity index is 2280. The minimum Gasteiger partial charge on any atom is -0.497 e. The van der Waals surface area contributed by atoms with Crippen molar-refractivity contribution in [3.8, 4) is 46.0 Å². The minimum atomic E-state index is 0.591. The lowest BCUT2D eigenvalue weighted by Crippen LogP contribution is -2.04. The van der Waals surface area contributed by atoms with E-state index < -0.39 is 0 Å². The summed E-state index contributed by atoms with van der Waals surface area (Å²) < 4.78 is 60.4. The van der Waals surface area contributed by atoms with E-state index in [4.69, 9.17) is 47.4 Å². The van der Waals surface area contributed by atoms with Crippen molar-refractivity contribution in [1.82, 2.24) is 4.57 Å². The summed E-state index contributed by atoms with van der Waals surface area (Å²) in [5.41, 5.74) is 6.69. The highest BCUT2D eigenvalue weighted by molar-refractivity contribution is 5.86. The van der Waals surface area contributed by atoms with Crippen molar-refractivity contribution in [3.05, 3.63) is 154 Å². The van der Waals surface area contributed by atoms with Crippen LogP contribution in [0.5, 0.6) is 46.0 Å². The maximum atomic E-state index is 6.61. The van der Waals surface area contributed by atoms with E-state index in [1.807, 2.05) is 104 Å². The normalized spacial score (nSPS) is 13.3. The van der Waals surface area contributed by atoms with Gasteiger partial charge >= 0.3 is 0 Å². The molecule has 2 aliphatic rings. The largest absolute Gasteiger partial charge is 0.497 e. The van der Waals surface area contributed by atoms with Crippen LogP contribution in [0.4, 0.5) is 0 Å². The molecule has 0 saturated heterocycles. The van der Waals surface area contributed by atoms with E-state index in [1.54, 1.807) is 56.9 Å².